The van der Waals surface area contributed by atoms with E-state index in [4.69, 9.17) is 4.74 Å². The summed E-state index contributed by atoms with van der Waals surface area (Å²) in [6.07, 6.45) is 3.27. The number of hydrogen-bond acceptors (Lipinski definition) is 6. The highest BCUT2D eigenvalue weighted by Crippen LogP contribution is 2.22. The highest BCUT2D eigenvalue weighted by molar-refractivity contribution is 5.81. The van der Waals surface area contributed by atoms with Crippen LogP contribution in [0.1, 0.15) is 26.5 Å². The molecule has 0 spiro atoms. The van der Waals surface area contributed by atoms with Crippen LogP contribution < -0.4 is 10.2 Å². The van der Waals surface area contributed by atoms with E-state index in [1.54, 1.807) is 6.20 Å². The van der Waals surface area contributed by atoms with Gasteiger partial charge in [0.25, 0.3) is 0 Å². The molecule has 0 saturated carbocycles. The number of anilines is 1. The van der Waals surface area contributed by atoms with Crippen LogP contribution in [0.25, 0.3) is 0 Å². The fraction of sp³-hybridized carbons (Fsp3) is 0.643. The Morgan fingerprint density at radius 3 is 2.90 bits per heavy atom. The largest absolute Gasteiger partial charge is 0.458 e. The van der Waals surface area contributed by atoms with E-state index in [2.05, 4.69) is 15.3 Å². The molecule has 1 fully saturated rings. The van der Waals surface area contributed by atoms with Gasteiger partial charge in [0.05, 0.1) is 17.6 Å². The number of piperazine rings is 1. The maximum Gasteiger partial charge on any atom is 0.330 e. The predicted octanol–water partition coefficient (Wildman–Crippen LogP) is 0.905. The van der Waals surface area contributed by atoms with E-state index in [0.717, 1.165) is 24.5 Å². The highest BCUT2D eigenvalue weighted by atomic mass is 16.6. The lowest BCUT2D eigenvalue weighted by Crippen LogP contribution is -2.56. The summed E-state index contributed by atoms with van der Waals surface area (Å²) in [7, 11) is 0. The van der Waals surface area contributed by atoms with Crippen molar-refractivity contribution in [2.45, 2.75) is 39.3 Å². The average molecular weight is 278 g/mol. The third-order valence-corrected chi connectivity index (χ3v) is 3.12. The van der Waals surface area contributed by atoms with E-state index in [1.165, 1.54) is 6.33 Å². The quantitative estimate of drug-likeness (QED) is 0.811. The van der Waals surface area contributed by atoms with Crippen molar-refractivity contribution in [1.82, 2.24) is 15.3 Å². The van der Waals surface area contributed by atoms with E-state index in [1.807, 2.05) is 32.6 Å². The Morgan fingerprint density at radius 2 is 2.25 bits per heavy atom. The number of rotatable bonds is 2. The van der Waals surface area contributed by atoms with Gasteiger partial charge in [-0.3, -0.25) is 0 Å². The molecule has 6 heteroatoms. The lowest BCUT2D eigenvalue weighted by molar-refractivity contribution is -0.156. The summed E-state index contributed by atoms with van der Waals surface area (Å²) in [6, 6.07) is -0.340. The molecule has 2 heterocycles. The van der Waals surface area contributed by atoms with Crippen LogP contribution in [0, 0.1) is 6.92 Å². The van der Waals surface area contributed by atoms with Crippen LogP contribution in [0.3, 0.4) is 0 Å². The number of ether oxygens (including phenoxy) is 1. The van der Waals surface area contributed by atoms with Gasteiger partial charge in [-0.05, 0) is 27.7 Å². The second-order valence-electron chi connectivity index (χ2n) is 5.94. The molecule has 1 aromatic heterocycles. The number of nitrogens with zero attached hydrogens (tertiary/aromatic N) is 3. The van der Waals surface area contributed by atoms with Crippen LogP contribution in [0.15, 0.2) is 12.5 Å². The molecular weight excluding hydrogens is 256 g/mol. The first-order valence-electron chi connectivity index (χ1n) is 6.85. The average Bonchev–Trinajstić information content (AvgIpc) is 2.37. The Bertz CT molecular complexity index is 484. The van der Waals surface area contributed by atoms with E-state index >= 15 is 0 Å². The van der Waals surface area contributed by atoms with Gasteiger partial charge in [-0.2, -0.15) is 0 Å². The molecule has 6 nitrogen and oxygen atoms in total. The summed E-state index contributed by atoms with van der Waals surface area (Å²) in [5.41, 5.74) is 1.28. The molecule has 1 aliphatic rings. The summed E-state index contributed by atoms with van der Waals surface area (Å²) < 4.78 is 5.51. The predicted molar refractivity (Wildman–Crippen MR) is 76.6 cm³/mol. The van der Waals surface area contributed by atoms with Crippen LogP contribution >= 0.6 is 0 Å². The minimum Gasteiger partial charge on any atom is -0.458 e. The molecule has 2 rings (SSSR count). The van der Waals surface area contributed by atoms with Gasteiger partial charge in [0, 0.05) is 19.6 Å². The minimum absolute atomic E-state index is 0.215. The molecular formula is C14H22N4O2. The minimum atomic E-state index is -0.484. The van der Waals surface area contributed by atoms with Crippen LogP contribution in [-0.2, 0) is 9.53 Å². The Kier molecular flexibility index (Phi) is 4.23. The number of esters is 1. The molecule has 0 amide bonds. The van der Waals surface area contributed by atoms with E-state index in [-0.39, 0.29) is 12.0 Å². The SMILES string of the molecule is Cc1ncncc1N1CCNCC1C(=O)OC(C)(C)C. The summed E-state index contributed by atoms with van der Waals surface area (Å²) in [5.74, 6) is -0.215. The molecule has 0 aliphatic carbocycles. The van der Waals surface area contributed by atoms with Crippen LogP contribution in [-0.4, -0.2) is 47.2 Å². The molecule has 0 bridgehead atoms. The van der Waals surface area contributed by atoms with Crippen molar-refractivity contribution in [3.63, 3.8) is 0 Å². The van der Waals surface area contributed by atoms with E-state index < -0.39 is 5.60 Å². The molecule has 0 aromatic carbocycles. The van der Waals surface area contributed by atoms with E-state index in [9.17, 15) is 4.79 Å². The fourth-order valence-electron chi connectivity index (χ4n) is 2.24. The zero-order chi connectivity index (χ0) is 14.8. The molecule has 1 saturated heterocycles. The Morgan fingerprint density at radius 1 is 1.50 bits per heavy atom. The van der Waals surface area contributed by atoms with Crippen LogP contribution in [0.5, 0.6) is 0 Å². The molecule has 0 radical (unpaired) electrons. The first-order chi connectivity index (χ1) is 9.38. The van der Waals surface area contributed by atoms with Crippen molar-refractivity contribution in [3.05, 3.63) is 18.2 Å². The van der Waals surface area contributed by atoms with Gasteiger partial charge >= 0.3 is 5.97 Å². The van der Waals surface area contributed by atoms with Crippen molar-refractivity contribution in [3.8, 4) is 0 Å². The van der Waals surface area contributed by atoms with Gasteiger partial charge in [0.1, 0.15) is 18.0 Å². The van der Waals surface area contributed by atoms with Gasteiger partial charge in [-0.1, -0.05) is 0 Å². The Labute approximate surface area is 119 Å². The molecule has 1 aromatic rings. The van der Waals surface area contributed by atoms with Crippen molar-refractivity contribution in [2.75, 3.05) is 24.5 Å². The highest BCUT2D eigenvalue weighted by Gasteiger charge is 2.33. The van der Waals surface area contributed by atoms with Gasteiger partial charge in [-0.15, -0.1) is 0 Å². The number of aryl methyl sites for hydroxylation is 1. The van der Waals surface area contributed by atoms with Crippen LogP contribution in [0.2, 0.25) is 0 Å². The van der Waals surface area contributed by atoms with Gasteiger partial charge < -0.3 is 15.0 Å². The number of carbonyl (C=O) groups excluding carboxylic acids is 1. The summed E-state index contributed by atoms with van der Waals surface area (Å²) in [5, 5.41) is 3.24. The van der Waals surface area contributed by atoms with Crippen molar-refractivity contribution >= 4 is 11.7 Å². The normalized spacial score (nSPS) is 19.8. The second-order valence-corrected chi connectivity index (χ2v) is 5.94. The lowest BCUT2D eigenvalue weighted by atomic mass is 10.1. The monoisotopic (exact) mass is 278 g/mol. The summed E-state index contributed by atoms with van der Waals surface area (Å²) >= 11 is 0. The Balaban J connectivity index is 2.22. The molecule has 1 unspecified atom stereocenters. The maximum atomic E-state index is 12.4. The van der Waals surface area contributed by atoms with Gasteiger partial charge in [0.15, 0.2) is 0 Å². The van der Waals surface area contributed by atoms with Gasteiger partial charge in [0.2, 0.25) is 0 Å². The first-order valence-corrected chi connectivity index (χ1v) is 6.85. The van der Waals surface area contributed by atoms with Crippen molar-refractivity contribution in [1.29, 1.82) is 0 Å². The van der Waals surface area contributed by atoms with Crippen molar-refractivity contribution < 1.29 is 9.53 Å². The molecule has 1 atom stereocenters. The van der Waals surface area contributed by atoms with Crippen molar-refractivity contribution in [2.24, 2.45) is 0 Å². The topological polar surface area (TPSA) is 67.4 Å². The second kappa shape index (κ2) is 5.75. The first kappa shape index (κ1) is 14.7. The molecule has 1 N–H and O–H groups in total. The maximum absolute atomic E-state index is 12.4. The summed E-state index contributed by atoms with van der Waals surface area (Å²) in [4.78, 5) is 22.7. The van der Waals surface area contributed by atoms with E-state index in [0.29, 0.717) is 6.54 Å². The zero-order valence-corrected chi connectivity index (χ0v) is 12.5. The summed E-state index contributed by atoms with van der Waals surface area (Å²) in [6.45, 7) is 9.69. The number of aromatic nitrogens is 2. The third-order valence-electron chi connectivity index (χ3n) is 3.12. The smallest absolute Gasteiger partial charge is 0.330 e. The number of nitrogens with one attached hydrogen (secondary N) is 1. The number of carbonyl (C=O) groups is 1. The zero-order valence-electron chi connectivity index (χ0n) is 12.5. The lowest BCUT2D eigenvalue weighted by Gasteiger charge is -2.37. The van der Waals surface area contributed by atoms with Crippen LogP contribution in [0.4, 0.5) is 5.69 Å². The van der Waals surface area contributed by atoms with Gasteiger partial charge in [-0.25, -0.2) is 14.8 Å². The third kappa shape index (κ3) is 3.45. The standard InChI is InChI=1S/C14H22N4O2/c1-10-11(7-16-9-17-10)18-6-5-15-8-12(18)13(19)20-14(2,3)4/h7,9,12,15H,5-6,8H2,1-4H3. The number of hydrogen-bond donors (Lipinski definition) is 1. The Hall–Kier alpha value is -1.69. The fourth-order valence-corrected chi connectivity index (χ4v) is 2.24. The molecule has 1 aliphatic heterocycles. The molecule has 20 heavy (non-hydrogen) atoms. The molecule has 110 valence electrons.